The summed E-state index contributed by atoms with van der Waals surface area (Å²) < 4.78 is 4.92. The summed E-state index contributed by atoms with van der Waals surface area (Å²) >= 11 is 0. The van der Waals surface area contributed by atoms with Gasteiger partial charge in [-0.25, -0.2) is 4.79 Å². The molecule has 0 aliphatic carbocycles. The van der Waals surface area contributed by atoms with Gasteiger partial charge in [-0.15, -0.1) is 0 Å². The van der Waals surface area contributed by atoms with Gasteiger partial charge in [-0.2, -0.15) is 0 Å². The molecule has 2 aromatic rings. The summed E-state index contributed by atoms with van der Waals surface area (Å²) in [5.41, 5.74) is 0.799. The van der Waals surface area contributed by atoms with Gasteiger partial charge in [0.25, 0.3) is 0 Å². The van der Waals surface area contributed by atoms with E-state index in [-0.39, 0.29) is 5.56 Å². The van der Waals surface area contributed by atoms with E-state index >= 15 is 0 Å². The molecule has 0 fully saturated rings. The summed E-state index contributed by atoms with van der Waals surface area (Å²) in [5.74, 6) is -0.949. The van der Waals surface area contributed by atoms with Crippen molar-refractivity contribution in [3.63, 3.8) is 0 Å². The first-order valence-corrected chi connectivity index (χ1v) is 3.41. The van der Waals surface area contributed by atoms with Gasteiger partial charge in [-0.3, -0.25) is 0 Å². The lowest BCUT2D eigenvalue weighted by molar-refractivity contribution is 0.0699. The van der Waals surface area contributed by atoms with Crippen molar-refractivity contribution in [2.24, 2.45) is 0 Å². The van der Waals surface area contributed by atoms with Crippen LogP contribution in [-0.2, 0) is 0 Å². The Morgan fingerprint density at radius 3 is 3.08 bits per heavy atom. The molecule has 0 atom stereocenters. The minimum absolute atomic E-state index is 0.248. The Labute approximate surface area is 68.2 Å². The van der Waals surface area contributed by atoms with E-state index in [1.807, 2.05) is 0 Å². The summed E-state index contributed by atoms with van der Waals surface area (Å²) in [6, 6.07) is 6.41. The molecule has 0 aliphatic heterocycles. The van der Waals surface area contributed by atoms with E-state index < -0.39 is 5.97 Å². The molecule has 2 rings (SSSR count). The molecular weight excluding hydrogens is 156 g/mol. The van der Waals surface area contributed by atoms with Crippen LogP contribution < -0.4 is 0 Å². The first-order valence-electron chi connectivity index (χ1n) is 3.41. The van der Waals surface area contributed by atoms with Crippen molar-refractivity contribution in [1.82, 2.24) is 0 Å². The predicted molar refractivity (Wildman–Crippen MR) is 42.0 cm³/mol. The highest BCUT2D eigenvalue weighted by molar-refractivity contribution is 6.01. The van der Waals surface area contributed by atoms with Crippen LogP contribution in [-0.4, -0.2) is 11.1 Å². The molecule has 0 amide bonds. The summed E-state index contributed by atoms with van der Waals surface area (Å²) in [6.45, 7) is 0. The number of carbonyl (C=O) groups is 1. The number of furan rings is 1. The molecule has 1 N–H and O–H groups in total. The molecule has 1 aromatic carbocycles. The van der Waals surface area contributed by atoms with Gasteiger partial charge < -0.3 is 9.52 Å². The molecule has 0 saturated carbocycles. The summed E-state index contributed by atoms with van der Waals surface area (Å²) in [5, 5.41) is 9.33. The third-order valence-corrected chi connectivity index (χ3v) is 1.67. The lowest BCUT2D eigenvalue weighted by Gasteiger charge is -1.93. The second-order valence-corrected chi connectivity index (χ2v) is 2.39. The molecule has 3 nitrogen and oxygen atoms in total. The zero-order chi connectivity index (χ0) is 8.55. The number of rotatable bonds is 1. The molecule has 0 spiro atoms. The zero-order valence-corrected chi connectivity index (χ0v) is 6.07. The number of benzene rings is 1. The molecule has 0 unspecified atom stereocenters. The van der Waals surface area contributed by atoms with E-state index in [2.05, 4.69) is 6.26 Å². The number of carboxylic acid groups (broad SMARTS) is 1. The van der Waals surface area contributed by atoms with Gasteiger partial charge in [0.2, 0.25) is 0 Å². The maximum atomic E-state index is 10.7. The largest absolute Gasteiger partial charge is 0.478 e. The molecule has 0 bridgehead atoms. The lowest BCUT2D eigenvalue weighted by Crippen LogP contribution is -1.95. The van der Waals surface area contributed by atoms with Crippen LogP contribution >= 0.6 is 0 Å². The Morgan fingerprint density at radius 1 is 1.50 bits per heavy atom. The third kappa shape index (κ3) is 0.871. The lowest BCUT2D eigenvalue weighted by atomic mass is 10.1. The number of fused-ring (bicyclic) bond motifs is 1. The number of aromatic carboxylic acids is 1. The van der Waals surface area contributed by atoms with Crippen molar-refractivity contribution in [1.29, 1.82) is 0 Å². The van der Waals surface area contributed by atoms with Crippen LogP contribution in [0.25, 0.3) is 11.0 Å². The van der Waals surface area contributed by atoms with E-state index in [0.29, 0.717) is 11.0 Å². The molecule has 1 heterocycles. The highest BCUT2D eigenvalue weighted by Gasteiger charge is 2.08. The quantitative estimate of drug-likeness (QED) is 0.695. The fraction of sp³-hybridized carbons (Fsp3) is 0. The van der Waals surface area contributed by atoms with E-state index in [1.165, 1.54) is 12.1 Å². The summed E-state index contributed by atoms with van der Waals surface area (Å²) in [4.78, 5) is 10.7. The van der Waals surface area contributed by atoms with E-state index in [1.54, 1.807) is 12.1 Å². The number of hydrogen-bond acceptors (Lipinski definition) is 2. The average molecular weight is 161 g/mol. The summed E-state index contributed by atoms with van der Waals surface area (Å²) in [6.07, 6.45) is 2.49. The summed E-state index contributed by atoms with van der Waals surface area (Å²) in [7, 11) is 0. The van der Waals surface area contributed by atoms with Crippen LogP contribution in [0.5, 0.6) is 0 Å². The Kier molecular flexibility index (Phi) is 1.37. The number of hydrogen-bond donors (Lipinski definition) is 1. The van der Waals surface area contributed by atoms with Gasteiger partial charge in [-0.05, 0) is 18.2 Å². The first-order chi connectivity index (χ1) is 5.79. The Bertz CT molecular complexity index is 428. The van der Waals surface area contributed by atoms with Crippen molar-refractivity contribution in [3.8, 4) is 0 Å². The van der Waals surface area contributed by atoms with E-state index in [4.69, 9.17) is 9.52 Å². The van der Waals surface area contributed by atoms with E-state index in [9.17, 15) is 4.79 Å². The smallest absolute Gasteiger partial charge is 0.336 e. The standard InChI is InChI=1S/C9H5O3/c10-9(11)7-2-1-3-8-6(7)4-5-12-8/h1-4H,(H,10,11). The molecule has 1 radical (unpaired) electrons. The van der Waals surface area contributed by atoms with Crippen molar-refractivity contribution in [2.75, 3.05) is 0 Å². The van der Waals surface area contributed by atoms with Crippen LogP contribution in [0.4, 0.5) is 0 Å². The number of carboxylic acids is 1. The fourth-order valence-electron chi connectivity index (χ4n) is 1.12. The molecule has 12 heavy (non-hydrogen) atoms. The zero-order valence-electron chi connectivity index (χ0n) is 6.07. The van der Waals surface area contributed by atoms with Gasteiger partial charge in [0.15, 0.2) is 6.26 Å². The molecule has 3 heteroatoms. The molecule has 0 saturated heterocycles. The fourth-order valence-corrected chi connectivity index (χ4v) is 1.12. The minimum Gasteiger partial charge on any atom is -0.478 e. The van der Waals surface area contributed by atoms with Gasteiger partial charge in [0.1, 0.15) is 5.58 Å². The van der Waals surface area contributed by atoms with Gasteiger partial charge in [-0.1, -0.05) is 6.07 Å². The SMILES string of the molecule is O=C(O)c1cccc2o[c]cc12. The van der Waals surface area contributed by atoms with Crippen LogP contribution in [0.15, 0.2) is 28.7 Å². The normalized spacial score (nSPS) is 10.3. The Hall–Kier alpha value is -1.77. The van der Waals surface area contributed by atoms with Crippen LogP contribution in [0.1, 0.15) is 10.4 Å². The highest BCUT2D eigenvalue weighted by Crippen LogP contribution is 2.18. The van der Waals surface area contributed by atoms with Gasteiger partial charge in [0.05, 0.1) is 5.56 Å². The molecule has 1 aromatic heterocycles. The molecule has 0 aliphatic rings. The Balaban J connectivity index is 2.82. The monoisotopic (exact) mass is 161 g/mol. The topological polar surface area (TPSA) is 50.4 Å². The average Bonchev–Trinajstić information content (AvgIpc) is 2.49. The van der Waals surface area contributed by atoms with Crippen molar-refractivity contribution < 1.29 is 14.3 Å². The maximum absolute atomic E-state index is 10.7. The van der Waals surface area contributed by atoms with Crippen LogP contribution in [0.2, 0.25) is 0 Å². The van der Waals surface area contributed by atoms with E-state index in [0.717, 1.165) is 0 Å². The second-order valence-electron chi connectivity index (χ2n) is 2.39. The van der Waals surface area contributed by atoms with Crippen LogP contribution in [0, 0.1) is 6.26 Å². The van der Waals surface area contributed by atoms with Gasteiger partial charge in [0, 0.05) is 5.39 Å². The van der Waals surface area contributed by atoms with Gasteiger partial charge >= 0.3 is 5.97 Å². The maximum Gasteiger partial charge on any atom is 0.336 e. The highest BCUT2D eigenvalue weighted by atomic mass is 16.4. The molecular formula is C9H5O3. The molecule has 59 valence electrons. The Morgan fingerprint density at radius 2 is 2.33 bits per heavy atom. The third-order valence-electron chi connectivity index (χ3n) is 1.67. The first kappa shape index (κ1) is 6.91. The van der Waals surface area contributed by atoms with Crippen LogP contribution in [0.3, 0.4) is 0 Å². The second kappa shape index (κ2) is 2.37. The van der Waals surface area contributed by atoms with Crippen molar-refractivity contribution >= 4 is 16.9 Å². The predicted octanol–water partition coefficient (Wildman–Crippen LogP) is 1.93. The minimum atomic E-state index is -0.949. The van der Waals surface area contributed by atoms with Crippen molar-refractivity contribution in [2.45, 2.75) is 0 Å². The van der Waals surface area contributed by atoms with Crippen molar-refractivity contribution in [3.05, 3.63) is 36.1 Å².